The summed E-state index contributed by atoms with van der Waals surface area (Å²) in [6.45, 7) is 3.47. The largest absolute Gasteiger partial charge is 0.481 e. The van der Waals surface area contributed by atoms with Crippen molar-refractivity contribution in [1.82, 2.24) is 5.32 Å². The Morgan fingerprint density at radius 3 is 2.31 bits per heavy atom. The summed E-state index contributed by atoms with van der Waals surface area (Å²) in [5.74, 6) is -0.833. The van der Waals surface area contributed by atoms with E-state index in [-0.39, 0.29) is 12.5 Å². The highest BCUT2D eigenvalue weighted by molar-refractivity contribution is 7.99. The lowest BCUT2D eigenvalue weighted by Gasteiger charge is -2.24. The number of carbonyl (C=O) groups is 2. The van der Waals surface area contributed by atoms with E-state index in [0.29, 0.717) is 13.1 Å². The number of benzene rings is 3. The van der Waals surface area contributed by atoms with Crippen molar-refractivity contribution < 1.29 is 14.7 Å². The lowest BCUT2D eigenvalue weighted by atomic mass is 10.1. The number of urea groups is 1. The maximum Gasteiger partial charge on any atom is 0.321 e. The number of aliphatic carboxylic acids is 1. The van der Waals surface area contributed by atoms with Crippen molar-refractivity contribution in [2.24, 2.45) is 0 Å². The first-order valence-corrected chi connectivity index (χ1v) is 13.5. The van der Waals surface area contributed by atoms with Crippen LogP contribution in [0.25, 0.3) is 0 Å². The van der Waals surface area contributed by atoms with Crippen molar-refractivity contribution in [2.45, 2.75) is 61.7 Å². The molecule has 0 atom stereocenters. The van der Waals surface area contributed by atoms with Crippen LogP contribution in [-0.4, -0.2) is 30.2 Å². The third-order valence-corrected chi connectivity index (χ3v) is 6.90. The van der Waals surface area contributed by atoms with Gasteiger partial charge in [0, 0.05) is 28.6 Å². The second-order valence-corrected chi connectivity index (χ2v) is 9.99. The molecule has 6 heteroatoms. The van der Waals surface area contributed by atoms with E-state index in [9.17, 15) is 9.59 Å². The molecule has 0 spiro atoms. The molecule has 2 N–H and O–H groups in total. The van der Waals surface area contributed by atoms with Gasteiger partial charge in [-0.3, -0.25) is 9.69 Å². The summed E-state index contributed by atoms with van der Waals surface area (Å²) in [7, 11) is 0. The minimum Gasteiger partial charge on any atom is -0.481 e. The van der Waals surface area contributed by atoms with Crippen LogP contribution in [0.15, 0.2) is 88.7 Å². The first-order valence-electron chi connectivity index (χ1n) is 12.7. The number of rotatable bonds is 14. The highest BCUT2D eigenvalue weighted by atomic mass is 32.2. The first kappa shape index (κ1) is 27.3. The Morgan fingerprint density at radius 2 is 1.58 bits per heavy atom. The zero-order chi connectivity index (χ0) is 25.6. The number of anilines is 1. The molecule has 2 amide bonds. The highest BCUT2D eigenvalue weighted by Crippen LogP contribution is 2.31. The molecule has 0 aliphatic carbocycles. The van der Waals surface area contributed by atoms with Gasteiger partial charge in [-0.1, -0.05) is 92.9 Å². The number of nitrogens with zero attached hydrogens (tertiary/aromatic N) is 1. The Morgan fingerprint density at radius 1 is 0.833 bits per heavy atom. The summed E-state index contributed by atoms with van der Waals surface area (Å²) in [6, 6.07) is 25.8. The minimum absolute atomic E-state index is 0.0209. The van der Waals surface area contributed by atoms with E-state index in [2.05, 4.69) is 30.4 Å². The zero-order valence-corrected chi connectivity index (χ0v) is 21.8. The third kappa shape index (κ3) is 9.42. The lowest BCUT2D eigenvalue weighted by Crippen LogP contribution is -2.41. The molecular formula is C30H36N2O3S. The number of carbonyl (C=O) groups excluding carboxylic acids is 1. The van der Waals surface area contributed by atoms with E-state index in [0.717, 1.165) is 40.3 Å². The van der Waals surface area contributed by atoms with Crippen molar-refractivity contribution in [3.05, 3.63) is 90.0 Å². The number of hydrogen-bond donors (Lipinski definition) is 2. The molecular weight excluding hydrogens is 468 g/mol. The summed E-state index contributed by atoms with van der Waals surface area (Å²) >= 11 is 1.60. The molecule has 0 heterocycles. The van der Waals surface area contributed by atoms with Gasteiger partial charge in [-0.2, -0.15) is 0 Å². The van der Waals surface area contributed by atoms with Crippen LogP contribution >= 0.6 is 11.8 Å². The number of hydrogen-bond acceptors (Lipinski definition) is 3. The molecule has 0 saturated heterocycles. The lowest BCUT2D eigenvalue weighted by molar-refractivity contribution is -0.136. The molecule has 0 bridgehead atoms. The monoisotopic (exact) mass is 504 g/mol. The SMILES string of the molecule is CCCCCCCN(C(=O)NCCc1ccccc1)c1cccc(Sc2ccc(CC(=O)O)cc2)c1. The van der Waals surface area contributed by atoms with Gasteiger partial charge in [-0.15, -0.1) is 0 Å². The zero-order valence-electron chi connectivity index (χ0n) is 21.0. The van der Waals surface area contributed by atoms with Crippen molar-refractivity contribution in [1.29, 1.82) is 0 Å². The molecule has 36 heavy (non-hydrogen) atoms. The third-order valence-electron chi connectivity index (χ3n) is 5.91. The molecule has 0 fully saturated rings. The van der Waals surface area contributed by atoms with Gasteiger partial charge in [0.1, 0.15) is 0 Å². The predicted octanol–water partition coefficient (Wildman–Crippen LogP) is 7.19. The topological polar surface area (TPSA) is 69.6 Å². The number of carboxylic acids is 1. The fourth-order valence-corrected chi connectivity index (χ4v) is 4.85. The molecule has 0 aliphatic heterocycles. The van der Waals surface area contributed by atoms with E-state index in [1.54, 1.807) is 11.8 Å². The highest BCUT2D eigenvalue weighted by Gasteiger charge is 2.16. The summed E-state index contributed by atoms with van der Waals surface area (Å²) in [5.41, 5.74) is 2.87. The van der Waals surface area contributed by atoms with E-state index in [1.807, 2.05) is 65.6 Å². The van der Waals surface area contributed by atoms with Crippen molar-refractivity contribution in [3.63, 3.8) is 0 Å². The maximum absolute atomic E-state index is 13.2. The Kier molecular flexibility index (Phi) is 11.4. The second-order valence-electron chi connectivity index (χ2n) is 8.85. The van der Waals surface area contributed by atoms with Gasteiger partial charge >= 0.3 is 12.0 Å². The van der Waals surface area contributed by atoms with Gasteiger partial charge in [0.25, 0.3) is 0 Å². The second kappa shape index (κ2) is 15.0. The van der Waals surface area contributed by atoms with Crippen LogP contribution in [0.4, 0.5) is 10.5 Å². The average molecular weight is 505 g/mol. The van der Waals surface area contributed by atoms with E-state index in [4.69, 9.17) is 5.11 Å². The molecule has 190 valence electrons. The smallest absolute Gasteiger partial charge is 0.321 e. The van der Waals surface area contributed by atoms with Gasteiger partial charge in [-0.25, -0.2) is 4.79 Å². The van der Waals surface area contributed by atoms with E-state index in [1.165, 1.54) is 24.8 Å². The van der Waals surface area contributed by atoms with E-state index >= 15 is 0 Å². The minimum atomic E-state index is -0.833. The molecule has 3 rings (SSSR count). The molecule has 5 nitrogen and oxygen atoms in total. The van der Waals surface area contributed by atoms with Crippen LogP contribution in [0.5, 0.6) is 0 Å². The molecule has 0 aliphatic rings. The van der Waals surface area contributed by atoms with Crippen LogP contribution in [0.1, 0.15) is 50.2 Å². The molecule has 0 unspecified atom stereocenters. The number of nitrogens with one attached hydrogen (secondary N) is 1. The van der Waals surface area contributed by atoms with Crippen molar-refractivity contribution in [2.75, 3.05) is 18.0 Å². The van der Waals surface area contributed by atoms with Crippen molar-refractivity contribution in [3.8, 4) is 0 Å². The molecule has 0 radical (unpaired) electrons. The Labute approximate surface area is 218 Å². The molecule has 3 aromatic rings. The fraction of sp³-hybridized carbons (Fsp3) is 0.333. The van der Waals surface area contributed by atoms with Crippen molar-refractivity contribution >= 4 is 29.4 Å². The standard InChI is InChI=1S/C30H36N2O3S/c1-2-3-4-5-9-21-32(30(35)31-20-19-24-11-7-6-8-12-24)26-13-10-14-28(23-26)36-27-17-15-25(16-18-27)22-29(33)34/h6-8,10-18,23H,2-5,9,19-22H2,1H3,(H,31,35)(H,33,34). The van der Waals surface area contributed by atoms with Gasteiger partial charge in [0.15, 0.2) is 0 Å². The Hall–Kier alpha value is -3.25. The number of amides is 2. The Bertz CT molecular complexity index is 1090. The fourth-order valence-electron chi connectivity index (χ4n) is 3.98. The number of carboxylic acid groups (broad SMARTS) is 1. The summed E-state index contributed by atoms with van der Waals surface area (Å²) in [4.78, 5) is 28.1. The summed E-state index contributed by atoms with van der Waals surface area (Å²) < 4.78 is 0. The normalized spacial score (nSPS) is 10.7. The molecule has 0 saturated carbocycles. The van der Waals surface area contributed by atoms with E-state index < -0.39 is 5.97 Å². The van der Waals surface area contributed by atoms with Crippen LogP contribution in [-0.2, 0) is 17.6 Å². The van der Waals surface area contributed by atoms with Gasteiger partial charge < -0.3 is 10.4 Å². The van der Waals surface area contributed by atoms with Crippen LogP contribution < -0.4 is 10.2 Å². The molecule has 3 aromatic carbocycles. The summed E-state index contributed by atoms with van der Waals surface area (Å²) in [6.07, 6.45) is 6.50. The van der Waals surface area contributed by atoms with Gasteiger partial charge in [0.2, 0.25) is 0 Å². The Balaban J connectivity index is 1.66. The predicted molar refractivity (Wildman–Crippen MR) is 148 cm³/mol. The van der Waals surface area contributed by atoms with Crippen LogP contribution in [0.3, 0.4) is 0 Å². The first-order chi connectivity index (χ1) is 17.5. The van der Waals surface area contributed by atoms with Crippen LogP contribution in [0.2, 0.25) is 0 Å². The average Bonchev–Trinajstić information content (AvgIpc) is 2.88. The molecule has 0 aromatic heterocycles. The maximum atomic E-state index is 13.2. The van der Waals surface area contributed by atoms with Gasteiger partial charge in [-0.05, 0) is 54.3 Å². The quantitative estimate of drug-likeness (QED) is 0.228. The number of unbranched alkanes of at least 4 members (excludes halogenated alkanes) is 4. The summed E-state index contributed by atoms with van der Waals surface area (Å²) in [5, 5.41) is 12.1. The van der Waals surface area contributed by atoms with Gasteiger partial charge in [0.05, 0.1) is 6.42 Å². The van der Waals surface area contributed by atoms with Crippen LogP contribution in [0, 0.1) is 0 Å².